The number of rotatable bonds is 5. The summed E-state index contributed by atoms with van der Waals surface area (Å²) in [5.41, 5.74) is 0. The fourth-order valence-corrected chi connectivity index (χ4v) is 3.24. The third kappa shape index (κ3) is 4.15. The van der Waals surface area contributed by atoms with Gasteiger partial charge in [-0.2, -0.15) is 17.0 Å². The predicted octanol–water partition coefficient (Wildman–Crippen LogP) is -1.11. The fourth-order valence-electron chi connectivity index (χ4n) is 1.90. The lowest BCUT2D eigenvalue weighted by molar-refractivity contribution is -0.140. The molecule has 0 aromatic heterocycles. The minimum atomic E-state index is -3.59. The van der Waals surface area contributed by atoms with Crippen LogP contribution in [0.3, 0.4) is 0 Å². The molecule has 0 aliphatic carbocycles. The first-order chi connectivity index (χ1) is 9.28. The first-order valence-corrected chi connectivity index (χ1v) is 7.72. The molecule has 0 aromatic rings. The highest BCUT2D eigenvalue weighted by Crippen LogP contribution is 2.11. The maximum absolute atomic E-state index is 12.3. The van der Waals surface area contributed by atoms with E-state index in [2.05, 4.69) is 4.74 Å². The van der Waals surface area contributed by atoms with Crippen LogP contribution in [0, 0.1) is 0 Å². The Labute approximate surface area is 119 Å². The largest absolute Gasteiger partial charge is 0.469 e. The molecule has 0 saturated carbocycles. The third-order valence-electron chi connectivity index (χ3n) is 3.26. The summed E-state index contributed by atoms with van der Waals surface area (Å²) < 4.78 is 31.5. The molecule has 1 aliphatic rings. The lowest BCUT2D eigenvalue weighted by Crippen LogP contribution is -2.53. The van der Waals surface area contributed by atoms with Gasteiger partial charge in [-0.05, 0) is 0 Å². The fraction of sp³-hybridized carbons (Fsp3) is 0.818. The maximum atomic E-state index is 12.3. The number of hydrogen-bond donors (Lipinski definition) is 0. The van der Waals surface area contributed by atoms with Crippen molar-refractivity contribution in [2.45, 2.75) is 13.3 Å². The molecular formula is C11H21N3O5S. The van der Waals surface area contributed by atoms with Crippen molar-refractivity contribution in [2.75, 3.05) is 46.9 Å². The van der Waals surface area contributed by atoms with E-state index in [9.17, 15) is 18.0 Å². The van der Waals surface area contributed by atoms with Crippen molar-refractivity contribution in [3.63, 3.8) is 0 Å². The van der Waals surface area contributed by atoms with Crippen LogP contribution in [-0.4, -0.2) is 80.7 Å². The van der Waals surface area contributed by atoms with Gasteiger partial charge in [0.25, 0.3) is 10.2 Å². The first-order valence-electron chi connectivity index (χ1n) is 6.32. The third-order valence-corrected chi connectivity index (χ3v) is 5.25. The molecule has 1 rings (SSSR count). The van der Waals surface area contributed by atoms with Crippen LogP contribution in [0.25, 0.3) is 0 Å². The maximum Gasteiger partial charge on any atom is 0.306 e. The smallest absolute Gasteiger partial charge is 0.306 e. The molecule has 0 radical (unpaired) electrons. The lowest BCUT2D eigenvalue weighted by atomic mass is 10.3. The Bertz CT molecular complexity index is 457. The van der Waals surface area contributed by atoms with Crippen LogP contribution in [0.4, 0.5) is 0 Å². The number of carbonyl (C=O) groups excluding carboxylic acids is 2. The molecule has 1 amide bonds. The average Bonchev–Trinajstić information content (AvgIpc) is 2.44. The van der Waals surface area contributed by atoms with E-state index in [1.165, 1.54) is 25.4 Å². The van der Waals surface area contributed by atoms with Crippen LogP contribution in [0.2, 0.25) is 0 Å². The summed E-state index contributed by atoms with van der Waals surface area (Å²) in [4.78, 5) is 23.8. The molecule has 0 spiro atoms. The van der Waals surface area contributed by atoms with Gasteiger partial charge in [-0.1, -0.05) is 0 Å². The van der Waals surface area contributed by atoms with Gasteiger partial charge < -0.3 is 9.64 Å². The number of esters is 1. The molecule has 1 aliphatic heterocycles. The second kappa shape index (κ2) is 7.00. The SMILES string of the molecule is COC(=O)CCN(C)S(=O)(=O)N1CCN(C(C)=O)CC1. The van der Waals surface area contributed by atoms with Crippen LogP contribution < -0.4 is 0 Å². The Balaban J connectivity index is 2.56. The summed E-state index contributed by atoms with van der Waals surface area (Å²) in [6.07, 6.45) is 0.0135. The van der Waals surface area contributed by atoms with Gasteiger partial charge in [0.1, 0.15) is 0 Å². The van der Waals surface area contributed by atoms with Gasteiger partial charge in [0.2, 0.25) is 5.91 Å². The summed E-state index contributed by atoms with van der Waals surface area (Å²) in [7, 11) is -0.906. The van der Waals surface area contributed by atoms with Crippen molar-refractivity contribution in [3.05, 3.63) is 0 Å². The Morgan fingerprint density at radius 3 is 2.20 bits per heavy atom. The van der Waals surface area contributed by atoms with Crippen molar-refractivity contribution in [1.29, 1.82) is 0 Å². The van der Waals surface area contributed by atoms with Crippen molar-refractivity contribution in [2.24, 2.45) is 0 Å². The van der Waals surface area contributed by atoms with Gasteiger partial charge in [0.15, 0.2) is 0 Å². The van der Waals surface area contributed by atoms with E-state index >= 15 is 0 Å². The Morgan fingerprint density at radius 1 is 1.20 bits per heavy atom. The van der Waals surface area contributed by atoms with Crippen molar-refractivity contribution < 1.29 is 22.7 Å². The molecule has 0 aromatic carbocycles. The standard InChI is InChI=1S/C11H21N3O5S/c1-10(15)13-6-8-14(9-7-13)20(17,18)12(2)5-4-11(16)19-3/h4-9H2,1-3H3. The van der Waals surface area contributed by atoms with E-state index in [1.54, 1.807) is 4.90 Å². The zero-order valence-electron chi connectivity index (χ0n) is 12.0. The Morgan fingerprint density at radius 2 is 1.75 bits per heavy atom. The van der Waals surface area contributed by atoms with Crippen LogP contribution in [0.1, 0.15) is 13.3 Å². The monoisotopic (exact) mass is 307 g/mol. The van der Waals surface area contributed by atoms with Crippen LogP contribution >= 0.6 is 0 Å². The highest BCUT2D eigenvalue weighted by Gasteiger charge is 2.31. The molecule has 20 heavy (non-hydrogen) atoms. The highest BCUT2D eigenvalue weighted by atomic mass is 32.2. The summed E-state index contributed by atoms with van der Waals surface area (Å²) in [6.45, 7) is 2.85. The van der Waals surface area contributed by atoms with Crippen molar-refractivity contribution in [1.82, 2.24) is 13.5 Å². The van der Waals surface area contributed by atoms with Gasteiger partial charge in [0, 0.05) is 46.7 Å². The molecule has 0 unspecified atom stereocenters. The quantitative estimate of drug-likeness (QED) is 0.601. The number of nitrogens with zero attached hydrogens (tertiary/aromatic N) is 3. The molecule has 1 heterocycles. The second-order valence-corrected chi connectivity index (χ2v) is 6.60. The highest BCUT2D eigenvalue weighted by molar-refractivity contribution is 7.86. The zero-order valence-corrected chi connectivity index (χ0v) is 12.9. The topological polar surface area (TPSA) is 87.2 Å². The number of amides is 1. The van der Waals surface area contributed by atoms with E-state index in [1.807, 2.05) is 0 Å². The minimum absolute atomic E-state index is 0.0135. The summed E-state index contributed by atoms with van der Waals surface area (Å²) >= 11 is 0. The van der Waals surface area contributed by atoms with Gasteiger partial charge in [-0.25, -0.2) is 0 Å². The number of piperazine rings is 1. The number of ether oxygens (including phenoxy) is 1. The van der Waals surface area contributed by atoms with E-state index < -0.39 is 16.2 Å². The summed E-state index contributed by atoms with van der Waals surface area (Å²) in [6, 6.07) is 0. The minimum Gasteiger partial charge on any atom is -0.469 e. The normalized spacial score (nSPS) is 17.3. The van der Waals surface area contributed by atoms with Gasteiger partial charge in [-0.3, -0.25) is 9.59 Å². The van der Waals surface area contributed by atoms with Crippen LogP contribution in [0.5, 0.6) is 0 Å². The molecule has 8 nitrogen and oxygen atoms in total. The van der Waals surface area contributed by atoms with Gasteiger partial charge >= 0.3 is 5.97 Å². The Kier molecular flexibility index (Phi) is 5.90. The molecule has 116 valence electrons. The Hall–Kier alpha value is -1.19. The molecule has 1 fully saturated rings. The predicted molar refractivity (Wildman–Crippen MR) is 72.0 cm³/mol. The number of hydrogen-bond acceptors (Lipinski definition) is 5. The zero-order chi connectivity index (χ0) is 15.3. The lowest BCUT2D eigenvalue weighted by Gasteiger charge is -2.35. The molecular weight excluding hydrogens is 286 g/mol. The van der Waals surface area contributed by atoms with Gasteiger partial charge in [0.05, 0.1) is 13.5 Å². The van der Waals surface area contributed by atoms with E-state index in [0.717, 1.165) is 4.31 Å². The number of carbonyl (C=O) groups is 2. The first kappa shape index (κ1) is 16.9. The van der Waals surface area contributed by atoms with Crippen molar-refractivity contribution in [3.8, 4) is 0 Å². The van der Waals surface area contributed by atoms with Crippen LogP contribution in [-0.2, 0) is 24.5 Å². The van der Waals surface area contributed by atoms with E-state index in [4.69, 9.17) is 0 Å². The molecule has 0 atom stereocenters. The van der Waals surface area contributed by atoms with E-state index in [-0.39, 0.29) is 32.0 Å². The molecule has 1 saturated heterocycles. The van der Waals surface area contributed by atoms with Gasteiger partial charge in [-0.15, -0.1) is 0 Å². The van der Waals surface area contributed by atoms with Crippen LogP contribution in [0.15, 0.2) is 0 Å². The van der Waals surface area contributed by atoms with Crippen molar-refractivity contribution >= 4 is 22.1 Å². The van der Waals surface area contributed by atoms with E-state index in [0.29, 0.717) is 13.1 Å². The number of methoxy groups -OCH3 is 1. The summed E-state index contributed by atoms with van der Waals surface area (Å²) in [5, 5.41) is 0. The summed E-state index contributed by atoms with van der Waals surface area (Å²) in [5.74, 6) is -0.505. The average molecular weight is 307 g/mol. The molecule has 9 heteroatoms. The molecule has 0 bridgehead atoms. The second-order valence-electron chi connectivity index (χ2n) is 4.56. The molecule has 0 N–H and O–H groups in total.